The molecule has 0 N–H and O–H groups in total. The molecule has 5 aromatic carbocycles. The van der Waals surface area contributed by atoms with E-state index in [2.05, 4.69) is 303 Å². The summed E-state index contributed by atoms with van der Waals surface area (Å²) in [5.74, 6) is -0.354. The third-order valence-electron chi connectivity index (χ3n) is 21.4. The molecule has 0 nitrogen and oxygen atoms in total. The first-order valence-corrected chi connectivity index (χ1v) is 44.7. The number of hydrogen-bond donors (Lipinski definition) is 0. The Balaban J connectivity index is 0. The molecular weight excluding hydrogens is 1410 g/mol. The molecule has 0 bridgehead atoms. The van der Waals surface area contributed by atoms with Crippen molar-refractivity contribution >= 4 is 0 Å². The average molecular weight is 1630 g/mol. The summed E-state index contributed by atoms with van der Waals surface area (Å²) in [7, 11) is 0. The van der Waals surface area contributed by atoms with Crippen molar-refractivity contribution in [1.29, 1.82) is 0 Å². The zero-order valence-corrected chi connectivity index (χ0v) is 85.2. The van der Waals surface area contributed by atoms with Gasteiger partial charge in [-0.25, -0.2) is 0 Å². The molecule has 670 valence electrons. The van der Waals surface area contributed by atoms with E-state index < -0.39 is 60.7 Å². The molecule has 0 radical (unpaired) electrons. The number of benzene rings is 5. The Hall–Kier alpha value is -4.11. The normalized spacial score (nSPS) is 18.0. The van der Waals surface area contributed by atoms with Crippen LogP contribution < -0.4 is 0 Å². The summed E-state index contributed by atoms with van der Waals surface area (Å²) in [4.78, 5) is 0. The minimum absolute atomic E-state index is 0.0390. The van der Waals surface area contributed by atoms with Gasteiger partial charge in [-0.05, 0) is 217 Å². The van der Waals surface area contributed by atoms with E-state index in [1.165, 1.54) is 116 Å². The Morgan fingerprint density at radius 3 is 0.940 bits per heavy atom. The number of hydrogen-bond acceptors (Lipinski definition) is 0. The third-order valence-corrected chi connectivity index (χ3v) is 21.4. The molecule has 0 amide bonds. The fourth-order valence-corrected chi connectivity index (χ4v) is 14.9. The highest BCUT2D eigenvalue weighted by Gasteiger charge is 2.49. The van der Waals surface area contributed by atoms with Crippen LogP contribution >= 0.6 is 0 Å². The summed E-state index contributed by atoms with van der Waals surface area (Å²) in [5, 5.41) is 0. The number of rotatable bonds is 8. The first-order valence-electron chi connectivity index (χ1n) is 51.2. The van der Waals surface area contributed by atoms with Crippen LogP contribution in [0.1, 0.15) is 503 Å². The van der Waals surface area contributed by atoms with Crippen LogP contribution in [-0.2, 0) is 27.1 Å². The van der Waals surface area contributed by atoms with E-state index in [0.29, 0.717) is 34.0 Å². The van der Waals surface area contributed by atoms with Gasteiger partial charge >= 0.3 is 6.18 Å². The van der Waals surface area contributed by atoms with Gasteiger partial charge in [-0.15, -0.1) is 0 Å². The Morgan fingerprint density at radius 1 is 0.414 bits per heavy atom. The van der Waals surface area contributed by atoms with E-state index in [4.69, 9.17) is 17.8 Å². The van der Waals surface area contributed by atoms with Gasteiger partial charge in [-0.1, -0.05) is 487 Å². The predicted molar refractivity (Wildman–Crippen MR) is 523 cm³/mol. The topological polar surface area (TPSA) is 0 Å². The summed E-state index contributed by atoms with van der Waals surface area (Å²) < 4.78 is 137. The Morgan fingerprint density at radius 2 is 0.759 bits per heavy atom. The highest BCUT2D eigenvalue weighted by molar-refractivity contribution is 5.80. The molecule has 0 saturated heterocycles. The van der Waals surface area contributed by atoms with Gasteiger partial charge in [-0.3, -0.25) is 0 Å². The van der Waals surface area contributed by atoms with Crippen LogP contribution in [-0.4, -0.2) is 6.18 Å². The minimum Gasteiger partial charge on any atom is -0.171 e. The highest BCUT2D eigenvalue weighted by Crippen LogP contribution is 2.50. The van der Waals surface area contributed by atoms with Crippen molar-refractivity contribution < 1.29 is 31.0 Å². The Labute approximate surface area is 743 Å². The average Bonchev–Trinajstić information content (AvgIpc) is 0.943. The van der Waals surface area contributed by atoms with Crippen molar-refractivity contribution in [3.8, 4) is 22.3 Å². The lowest BCUT2D eigenvalue weighted by atomic mass is 9.61. The highest BCUT2D eigenvalue weighted by atomic mass is 19.4. The van der Waals surface area contributed by atoms with Crippen LogP contribution in [0.15, 0.2) is 109 Å². The fourth-order valence-electron chi connectivity index (χ4n) is 14.9. The first-order chi connectivity index (χ1) is 56.5. The lowest BCUT2D eigenvalue weighted by Gasteiger charge is -2.45. The van der Waals surface area contributed by atoms with Gasteiger partial charge in [0.05, 0.1) is 5.41 Å². The summed E-state index contributed by atoms with van der Waals surface area (Å²) in [6.45, 7) is 95.1. The number of halogens is 3. The predicted octanol–water partition coefficient (Wildman–Crippen LogP) is 39.1. The van der Waals surface area contributed by atoms with E-state index in [9.17, 15) is 13.2 Å². The second kappa shape index (κ2) is 45.9. The second-order valence-electron chi connectivity index (χ2n) is 48.0. The van der Waals surface area contributed by atoms with Crippen LogP contribution in [0.3, 0.4) is 0 Å². The molecule has 2 aliphatic rings. The summed E-state index contributed by atoms with van der Waals surface area (Å²) in [5.41, 5.74) is 14.0. The largest absolute Gasteiger partial charge is 0.393 e. The fraction of sp³-hybridized carbons (Fsp3) is 0.735. The van der Waals surface area contributed by atoms with Gasteiger partial charge in [-0.2, -0.15) is 13.2 Å². The maximum atomic E-state index is 12.6. The van der Waals surface area contributed by atoms with Crippen LogP contribution in [0.2, 0.25) is 0 Å². The van der Waals surface area contributed by atoms with Crippen LogP contribution in [0.25, 0.3) is 22.3 Å². The Kier molecular flexibility index (Phi) is 36.0. The van der Waals surface area contributed by atoms with Gasteiger partial charge < -0.3 is 0 Å². The molecule has 2 fully saturated rings. The molecule has 3 heteroatoms. The van der Waals surface area contributed by atoms with E-state index >= 15 is 0 Å². The molecule has 1 atom stereocenters. The van der Waals surface area contributed by atoms with Crippen molar-refractivity contribution in [2.75, 3.05) is 0 Å². The van der Waals surface area contributed by atoms with E-state index in [0.717, 1.165) is 33.6 Å². The Bertz CT molecular complexity index is 3890. The quantitative estimate of drug-likeness (QED) is 0.145. The summed E-state index contributed by atoms with van der Waals surface area (Å²) in [6, 6.07) is 40.5. The first kappa shape index (κ1) is 91.1. The standard InChI is InChI=1S/C30H38.C19H32.C11H22.C10H14.C9H17F3.C9H18.C9H20.2C8H18/c1-28(2,3)23-17-13-21(14-18-23)25-11-10-12-26(27(25)30(7,8)9)22-15-19-24(20-16-22)29(4,5)6;1-12(2)15-10-16(13(3)4)18(19(7,8)9)17(11-15)14(5)6;1-10(2,3)11(4)8-6-5-7-9-11;1-10(2,3)9-7-5-4-6-8-9;1-7(2,3)6-8(4,5)9(10,11)12;1-9(2,3)8-6-4-5-7-8;1-8(2,3)7-9(4,5)6;1-7(2)6-8(3,4)5;1-6-7(2)8(3,4)5/h10-20H,1-9H3;10-14H,1-9H3;5-9H2,1-4H3;4-8H,1-3H3;6H2,1-5H3;8H,4-7H2,1-3H3;7H2,1-6H3;2*7H,6H2,1-5H3/i;;;;6D2;8D;7D2;6D2;2D3,6D2,7D. The van der Waals surface area contributed by atoms with E-state index in [1.54, 1.807) is 37.5 Å². The van der Waals surface area contributed by atoms with Gasteiger partial charge in [0, 0.05) is 17.8 Å². The lowest BCUT2D eigenvalue weighted by molar-refractivity contribution is -0.220. The molecule has 0 heterocycles. The summed E-state index contributed by atoms with van der Waals surface area (Å²) in [6.07, 6.45) is 0.889. The third kappa shape index (κ3) is 45.1. The second-order valence-corrected chi connectivity index (χ2v) is 48.0. The molecule has 7 rings (SSSR count). The monoisotopic (exact) mass is 1620 g/mol. The van der Waals surface area contributed by atoms with Gasteiger partial charge in [0.1, 0.15) is 0 Å². The van der Waals surface area contributed by atoms with Crippen LogP contribution in [0.4, 0.5) is 13.2 Å². The van der Waals surface area contributed by atoms with E-state index in [1.807, 2.05) is 76.2 Å². The zero-order valence-electron chi connectivity index (χ0n) is 98.2. The lowest BCUT2D eigenvalue weighted by Crippen LogP contribution is -2.35. The minimum atomic E-state index is -4.54. The van der Waals surface area contributed by atoms with Crippen molar-refractivity contribution in [3.05, 3.63) is 154 Å². The SMILES string of the molecule is CC(C)(C)C1(C)CCCCC1.CC(C)(C)c1ccc(-c2cccc(-c3ccc(C(C)(C)C)cc3)c2C(C)(C)C)cc1.CC(C)(C)c1ccccc1.CC(C)c1cc(C(C)C)c(C(C)(C)C)c(C(C)C)c1.[2H]C([2H])(C(C)(C)C)C(C)(C)C.[2H]C([2H])(C(C)(C)C)C(C)(C)C(F)(F)F.[2H]C([2H])(C(C)C)C(C)(C)C.[2H]C([2H])([2H])C([2H])(C([2H])([2H])C)C(C)(C)C.[2H]C1(C(C)(C)C)CCCC1. The van der Waals surface area contributed by atoms with Gasteiger partial charge in [0.25, 0.3) is 0 Å². The molecule has 0 aliphatic heterocycles. The zero-order chi connectivity index (χ0) is 103. The van der Waals surface area contributed by atoms with Crippen molar-refractivity contribution in [3.63, 3.8) is 0 Å². The van der Waals surface area contributed by atoms with Crippen LogP contribution in [0, 0.1) is 66.4 Å². The van der Waals surface area contributed by atoms with E-state index in [-0.39, 0.29) is 55.1 Å². The number of alkyl halides is 3. The molecule has 0 spiro atoms. The molecular formula is C113H197F3. The molecule has 116 heavy (non-hydrogen) atoms. The molecule has 5 aromatic rings. The van der Waals surface area contributed by atoms with Crippen molar-refractivity contribution in [2.24, 2.45) is 66.4 Å². The van der Waals surface area contributed by atoms with Crippen LogP contribution in [0.5, 0.6) is 0 Å². The van der Waals surface area contributed by atoms with Crippen molar-refractivity contribution in [2.45, 2.75) is 473 Å². The molecule has 2 saturated carbocycles. The van der Waals surface area contributed by atoms with Crippen molar-refractivity contribution in [1.82, 2.24) is 0 Å². The maximum absolute atomic E-state index is 12.6. The van der Waals surface area contributed by atoms with Gasteiger partial charge in [0.15, 0.2) is 0 Å². The molecule has 1 unspecified atom stereocenters. The molecule has 2 aliphatic carbocycles. The molecule has 0 aromatic heterocycles. The smallest absolute Gasteiger partial charge is 0.171 e. The maximum Gasteiger partial charge on any atom is 0.393 e. The van der Waals surface area contributed by atoms with Gasteiger partial charge in [0.2, 0.25) is 0 Å². The summed E-state index contributed by atoms with van der Waals surface area (Å²) >= 11 is 0.